The highest BCUT2D eigenvalue weighted by molar-refractivity contribution is 7.96. The molecule has 0 bridgehead atoms. The summed E-state index contributed by atoms with van der Waals surface area (Å²) < 4.78 is 0. The molecule has 0 spiro atoms. The number of fused-ring (bicyclic) bond motifs is 2. The molecule has 2 heterocycles. The second-order valence-electron chi connectivity index (χ2n) is 6.94. The predicted octanol–water partition coefficient (Wildman–Crippen LogP) is 3.36. The minimum Gasteiger partial charge on any atom is -0.361 e. The lowest BCUT2D eigenvalue weighted by molar-refractivity contribution is -0.111. The maximum atomic E-state index is 11.2. The summed E-state index contributed by atoms with van der Waals surface area (Å²) >= 11 is 3.92. The van der Waals surface area contributed by atoms with E-state index in [2.05, 4.69) is 54.0 Å². The van der Waals surface area contributed by atoms with Crippen molar-refractivity contribution in [3.8, 4) is 0 Å². The summed E-state index contributed by atoms with van der Waals surface area (Å²) in [5, 5.41) is 1.46. The third-order valence-corrected chi connectivity index (χ3v) is 5.80. The van der Waals surface area contributed by atoms with Gasteiger partial charge in [-0.15, -0.1) is 12.6 Å². The van der Waals surface area contributed by atoms with Gasteiger partial charge >= 0.3 is 0 Å². The van der Waals surface area contributed by atoms with Crippen LogP contribution in [0.1, 0.15) is 36.3 Å². The molecule has 0 amide bonds. The maximum Gasteiger partial charge on any atom is 0.185 e. The number of carbonyl (C=O) groups excluding carboxylic acids is 1. The lowest BCUT2D eigenvalue weighted by atomic mass is 9.72. The first kappa shape index (κ1) is 14.3. The van der Waals surface area contributed by atoms with Crippen molar-refractivity contribution >= 4 is 28.6 Å². The number of hydrogen-bond acceptors (Lipinski definition) is 2. The summed E-state index contributed by atoms with van der Waals surface area (Å²) in [6.45, 7) is 1.10. The molecule has 116 valence electrons. The van der Waals surface area contributed by atoms with Gasteiger partial charge in [-0.3, -0.25) is 4.79 Å². The average molecular weight is 314 g/mol. The third-order valence-electron chi connectivity index (χ3n) is 5.58. The molecule has 4 rings (SSSR count). The molecular formula is C18H22N2OS. The second kappa shape index (κ2) is 5.43. The van der Waals surface area contributed by atoms with Crippen LogP contribution in [-0.2, 0) is 11.2 Å². The Hall–Kier alpha value is -1.26. The predicted molar refractivity (Wildman–Crippen MR) is 92.5 cm³/mol. The number of likely N-dealkylation sites (tertiary alicyclic amines) is 1. The summed E-state index contributed by atoms with van der Waals surface area (Å²) in [4.78, 5) is 17.1. The van der Waals surface area contributed by atoms with E-state index < -0.39 is 0 Å². The van der Waals surface area contributed by atoms with E-state index in [9.17, 15) is 4.79 Å². The molecule has 1 N–H and O–H groups in total. The number of aromatic nitrogens is 1. The van der Waals surface area contributed by atoms with Crippen molar-refractivity contribution < 1.29 is 4.79 Å². The second-order valence-corrected chi connectivity index (χ2v) is 7.43. The zero-order valence-corrected chi connectivity index (χ0v) is 13.8. The van der Waals surface area contributed by atoms with E-state index in [1.54, 1.807) is 0 Å². The quantitative estimate of drug-likeness (QED) is 0.852. The Morgan fingerprint density at radius 2 is 2.32 bits per heavy atom. The number of nitrogens with one attached hydrogen (secondary N) is 1. The van der Waals surface area contributed by atoms with Gasteiger partial charge in [0.05, 0.1) is 0 Å². The van der Waals surface area contributed by atoms with Crippen LogP contribution in [0.3, 0.4) is 0 Å². The molecule has 3 atom stereocenters. The smallest absolute Gasteiger partial charge is 0.185 e. The number of carbonyl (C=O) groups is 1. The topological polar surface area (TPSA) is 36.1 Å². The molecule has 1 aliphatic heterocycles. The summed E-state index contributed by atoms with van der Waals surface area (Å²) in [6, 6.07) is 7.24. The summed E-state index contributed by atoms with van der Waals surface area (Å²) in [7, 11) is 2.24. The molecule has 1 aromatic heterocycles. The molecule has 0 saturated carbocycles. The molecule has 2 aromatic rings. The van der Waals surface area contributed by atoms with Gasteiger partial charge in [0.15, 0.2) is 5.12 Å². The van der Waals surface area contributed by atoms with Crippen LogP contribution in [0.4, 0.5) is 0 Å². The average Bonchev–Trinajstić information content (AvgIpc) is 2.91. The molecule has 1 saturated heterocycles. The SMILES string of the molecule is CN1C[C@H](CCC(=O)S)C[C@@H]2c3cccc4[nH]cc(c34)C[C@H]21. The number of H-pyrrole nitrogens is 1. The monoisotopic (exact) mass is 314 g/mol. The van der Waals surface area contributed by atoms with Crippen LogP contribution >= 0.6 is 12.6 Å². The van der Waals surface area contributed by atoms with Gasteiger partial charge in [-0.25, -0.2) is 0 Å². The maximum absolute atomic E-state index is 11.2. The van der Waals surface area contributed by atoms with Crippen LogP contribution in [0.2, 0.25) is 0 Å². The van der Waals surface area contributed by atoms with Crippen molar-refractivity contribution in [2.45, 2.75) is 37.6 Å². The zero-order valence-electron chi connectivity index (χ0n) is 12.9. The Kier molecular flexibility index (Phi) is 3.54. The fourth-order valence-corrected chi connectivity index (χ4v) is 4.72. The minimum atomic E-state index is 0.0171. The molecule has 0 unspecified atom stereocenters. The standard InChI is InChI=1S/C18H22N2OS/c1-20-10-11(5-6-17(21)22)7-14-13-3-2-4-15-18(13)12(9-19-15)8-16(14)20/h2-4,9,11,14,16,19H,5-8,10H2,1H3,(H,21,22)/t11-,14-,16-/m1/s1. The van der Waals surface area contributed by atoms with E-state index in [0.717, 1.165) is 19.4 Å². The largest absolute Gasteiger partial charge is 0.361 e. The van der Waals surface area contributed by atoms with Crippen LogP contribution in [0.25, 0.3) is 10.9 Å². The first-order valence-corrected chi connectivity index (χ1v) is 8.59. The summed E-state index contributed by atoms with van der Waals surface area (Å²) in [5.41, 5.74) is 4.22. The minimum absolute atomic E-state index is 0.0171. The van der Waals surface area contributed by atoms with Crippen molar-refractivity contribution in [2.24, 2.45) is 5.92 Å². The van der Waals surface area contributed by atoms with Gasteiger partial charge in [0.2, 0.25) is 0 Å². The molecule has 0 radical (unpaired) electrons. The van der Waals surface area contributed by atoms with Gasteiger partial charge in [0.1, 0.15) is 0 Å². The van der Waals surface area contributed by atoms with Gasteiger partial charge in [0.25, 0.3) is 0 Å². The number of rotatable bonds is 3. The molecule has 1 fully saturated rings. The van der Waals surface area contributed by atoms with E-state index in [-0.39, 0.29) is 5.12 Å². The van der Waals surface area contributed by atoms with Crippen LogP contribution in [-0.4, -0.2) is 34.6 Å². The highest BCUT2D eigenvalue weighted by atomic mass is 32.1. The number of nitrogens with zero attached hydrogens (tertiary/aromatic N) is 1. The van der Waals surface area contributed by atoms with Crippen LogP contribution in [0, 0.1) is 5.92 Å². The van der Waals surface area contributed by atoms with Crippen molar-refractivity contribution in [1.82, 2.24) is 9.88 Å². The number of hydrogen-bond donors (Lipinski definition) is 2. The first-order chi connectivity index (χ1) is 10.6. The molecular weight excluding hydrogens is 292 g/mol. The normalized spacial score (nSPS) is 27.8. The van der Waals surface area contributed by atoms with Gasteiger partial charge in [0, 0.05) is 42.0 Å². The van der Waals surface area contributed by atoms with Crippen molar-refractivity contribution in [3.05, 3.63) is 35.5 Å². The molecule has 1 aliphatic carbocycles. The van der Waals surface area contributed by atoms with Crippen molar-refractivity contribution in [3.63, 3.8) is 0 Å². The van der Waals surface area contributed by atoms with Crippen molar-refractivity contribution in [1.29, 1.82) is 0 Å². The lowest BCUT2D eigenvalue weighted by Gasteiger charge is -2.45. The first-order valence-electron chi connectivity index (χ1n) is 8.14. The number of piperidine rings is 1. The van der Waals surface area contributed by atoms with Crippen LogP contribution < -0.4 is 0 Å². The lowest BCUT2D eigenvalue weighted by Crippen LogP contribution is -2.47. The van der Waals surface area contributed by atoms with Gasteiger partial charge in [-0.05, 0) is 49.4 Å². The van der Waals surface area contributed by atoms with Crippen LogP contribution in [0.15, 0.2) is 24.4 Å². The van der Waals surface area contributed by atoms with Crippen molar-refractivity contribution in [2.75, 3.05) is 13.6 Å². The molecule has 2 aliphatic rings. The Morgan fingerprint density at radius 1 is 1.45 bits per heavy atom. The summed E-state index contributed by atoms with van der Waals surface area (Å²) in [6.07, 6.45) is 6.07. The number of benzene rings is 1. The van der Waals surface area contributed by atoms with Crippen LogP contribution in [0.5, 0.6) is 0 Å². The number of aromatic amines is 1. The summed E-state index contributed by atoms with van der Waals surface area (Å²) in [5.74, 6) is 1.18. The van der Waals surface area contributed by atoms with E-state index in [4.69, 9.17) is 0 Å². The van der Waals surface area contributed by atoms with E-state index in [1.165, 1.54) is 28.5 Å². The molecule has 4 heteroatoms. The number of thiol groups is 1. The highest BCUT2D eigenvalue weighted by Gasteiger charge is 2.39. The highest BCUT2D eigenvalue weighted by Crippen LogP contribution is 2.44. The van der Waals surface area contributed by atoms with E-state index in [1.807, 2.05) is 0 Å². The molecule has 1 aromatic carbocycles. The number of likely N-dealkylation sites (N-methyl/N-ethyl adjacent to an activating group) is 1. The van der Waals surface area contributed by atoms with E-state index >= 15 is 0 Å². The van der Waals surface area contributed by atoms with E-state index in [0.29, 0.717) is 24.3 Å². The Morgan fingerprint density at radius 3 is 3.14 bits per heavy atom. The zero-order chi connectivity index (χ0) is 15.3. The Balaban J connectivity index is 1.67. The third kappa shape index (κ3) is 2.29. The Bertz CT molecular complexity index is 723. The fraction of sp³-hybridized carbons (Fsp3) is 0.500. The molecule has 3 nitrogen and oxygen atoms in total. The van der Waals surface area contributed by atoms with Gasteiger partial charge in [-0.1, -0.05) is 12.1 Å². The van der Waals surface area contributed by atoms with Gasteiger partial charge in [-0.2, -0.15) is 0 Å². The fourth-order valence-electron chi connectivity index (χ4n) is 4.59. The van der Waals surface area contributed by atoms with Gasteiger partial charge < -0.3 is 9.88 Å². The molecule has 22 heavy (non-hydrogen) atoms. The Labute approximate surface area is 136 Å².